The van der Waals surface area contributed by atoms with Crippen molar-refractivity contribution in [3.05, 3.63) is 12.0 Å². The Morgan fingerprint density at radius 1 is 1.86 bits per heavy atom. The molecule has 0 saturated heterocycles. The van der Waals surface area contributed by atoms with Gasteiger partial charge in [0.05, 0.1) is 7.11 Å². The van der Waals surface area contributed by atoms with Gasteiger partial charge in [0, 0.05) is 0 Å². The molecule has 2 heteroatoms. The maximum Gasteiger partial charge on any atom is 0.272 e. The molecule has 0 saturated carbocycles. The fourth-order valence-corrected chi connectivity index (χ4v) is 0.258. The highest BCUT2D eigenvalue weighted by Gasteiger charge is 1.80. The van der Waals surface area contributed by atoms with Crippen molar-refractivity contribution in [2.45, 2.75) is 13.3 Å². The van der Waals surface area contributed by atoms with Crippen LogP contribution in [0.1, 0.15) is 13.3 Å². The van der Waals surface area contributed by atoms with Crippen LogP contribution in [-0.4, -0.2) is 12.2 Å². The Balaban J connectivity index is 3.29. The number of ether oxygens (including phenoxy) is 1. The Morgan fingerprint density at radius 2 is 2.43 bits per heavy atom. The summed E-state index contributed by atoms with van der Waals surface area (Å²) in [6.45, 7) is 1.93. The third-order valence-electron chi connectivity index (χ3n) is 0.588. The minimum absolute atomic E-state index is 0.00231. The second-order valence-corrected chi connectivity index (χ2v) is 1.15. The fourth-order valence-electron chi connectivity index (χ4n) is 0.258. The zero-order valence-electron chi connectivity index (χ0n) is 4.64. The third-order valence-corrected chi connectivity index (χ3v) is 0.588. The van der Waals surface area contributed by atoms with E-state index in [4.69, 9.17) is 5.11 Å². The molecule has 0 aliphatic carbocycles. The quantitative estimate of drug-likeness (QED) is 0.534. The molecule has 1 N–H and O–H groups in total. The van der Waals surface area contributed by atoms with Crippen molar-refractivity contribution in [3.8, 4) is 0 Å². The first kappa shape index (κ1) is 6.34. The number of hydrogen-bond acceptors (Lipinski definition) is 2. The number of aliphatic hydroxyl groups is 1. The molecular weight excluding hydrogens is 92.1 g/mol. The summed E-state index contributed by atoms with van der Waals surface area (Å²) in [5.74, 6) is 0.00231. The van der Waals surface area contributed by atoms with Gasteiger partial charge in [0.15, 0.2) is 0 Å². The number of methoxy groups -OCH3 is 1. The first-order valence-electron chi connectivity index (χ1n) is 2.24. The van der Waals surface area contributed by atoms with E-state index in [0.717, 1.165) is 6.42 Å². The van der Waals surface area contributed by atoms with Crippen LogP contribution >= 0.6 is 0 Å². The smallest absolute Gasteiger partial charge is 0.272 e. The average Bonchev–Trinajstić information content (AvgIpc) is 1.68. The second-order valence-electron chi connectivity index (χ2n) is 1.15. The van der Waals surface area contributed by atoms with Gasteiger partial charge in [-0.05, 0) is 12.5 Å². The molecule has 0 aromatic carbocycles. The Bertz CT molecular complexity index is 66.5. The maximum atomic E-state index is 8.50. The predicted molar refractivity (Wildman–Crippen MR) is 28.0 cm³/mol. The van der Waals surface area contributed by atoms with Gasteiger partial charge in [-0.1, -0.05) is 6.92 Å². The van der Waals surface area contributed by atoms with Gasteiger partial charge in [-0.3, -0.25) is 0 Å². The molecule has 0 aromatic rings. The minimum Gasteiger partial charge on any atom is -0.481 e. The van der Waals surface area contributed by atoms with E-state index in [1.165, 1.54) is 7.11 Å². The summed E-state index contributed by atoms with van der Waals surface area (Å²) in [5.41, 5.74) is 0. The van der Waals surface area contributed by atoms with Crippen LogP contribution in [0.2, 0.25) is 0 Å². The van der Waals surface area contributed by atoms with E-state index >= 15 is 0 Å². The molecule has 0 spiro atoms. The van der Waals surface area contributed by atoms with Crippen molar-refractivity contribution in [3.63, 3.8) is 0 Å². The first-order chi connectivity index (χ1) is 3.31. The number of hydrogen-bond donors (Lipinski definition) is 1. The summed E-state index contributed by atoms with van der Waals surface area (Å²) < 4.78 is 4.41. The lowest BCUT2D eigenvalue weighted by atomic mass is 10.5. The Kier molecular flexibility index (Phi) is 3.19. The summed E-state index contributed by atoms with van der Waals surface area (Å²) in [6, 6.07) is 0. The van der Waals surface area contributed by atoms with Crippen LogP contribution in [0.25, 0.3) is 0 Å². The van der Waals surface area contributed by atoms with Crippen molar-refractivity contribution in [2.75, 3.05) is 7.11 Å². The minimum atomic E-state index is 0.00231. The van der Waals surface area contributed by atoms with E-state index in [-0.39, 0.29) is 5.95 Å². The van der Waals surface area contributed by atoms with Crippen molar-refractivity contribution >= 4 is 0 Å². The molecular formula is C5H10O2. The topological polar surface area (TPSA) is 29.5 Å². The molecule has 0 aliphatic rings. The molecule has 0 atom stereocenters. The SMILES string of the molecule is CC/C=C(/O)OC. The van der Waals surface area contributed by atoms with Crippen LogP contribution in [0.3, 0.4) is 0 Å². The highest BCUT2D eigenvalue weighted by molar-refractivity contribution is 4.78. The molecule has 0 heterocycles. The molecule has 0 aromatic heterocycles. The molecule has 0 fully saturated rings. The predicted octanol–water partition coefficient (Wildman–Crippen LogP) is 1.44. The number of rotatable bonds is 2. The molecule has 0 unspecified atom stereocenters. The molecule has 0 rings (SSSR count). The lowest BCUT2D eigenvalue weighted by Gasteiger charge is -1.91. The van der Waals surface area contributed by atoms with Gasteiger partial charge >= 0.3 is 0 Å². The second kappa shape index (κ2) is 3.53. The van der Waals surface area contributed by atoms with Crippen molar-refractivity contribution in [1.29, 1.82) is 0 Å². The van der Waals surface area contributed by atoms with Gasteiger partial charge in [0.1, 0.15) is 0 Å². The van der Waals surface area contributed by atoms with Gasteiger partial charge in [-0.2, -0.15) is 0 Å². The van der Waals surface area contributed by atoms with Gasteiger partial charge in [0.2, 0.25) is 0 Å². The molecule has 0 aliphatic heterocycles. The summed E-state index contributed by atoms with van der Waals surface area (Å²) in [5, 5.41) is 8.50. The summed E-state index contributed by atoms with van der Waals surface area (Å²) in [4.78, 5) is 0. The Labute approximate surface area is 43.4 Å². The van der Waals surface area contributed by atoms with Gasteiger partial charge in [0.25, 0.3) is 5.95 Å². The first-order valence-corrected chi connectivity index (χ1v) is 2.24. The van der Waals surface area contributed by atoms with Gasteiger partial charge in [-0.25, -0.2) is 0 Å². The van der Waals surface area contributed by atoms with Crippen molar-refractivity contribution < 1.29 is 9.84 Å². The van der Waals surface area contributed by atoms with Crippen molar-refractivity contribution in [1.82, 2.24) is 0 Å². The zero-order valence-corrected chi connectivity index (χ0v) is 4.64. The summed E-state index contributed by atoms with van der Waals surface area (Å²) >= 11 is 0. The van der Waals surface area contributed by atoms with Crippen LogP contribution in [-0.2, 0) is 4.74 Å². The van der Waals surface area contributed by atoms with Gasteiger partial charge in [-0.15, -0.1) is 0 Å². The highest BCUT2D eigenvalue weighted by atomic mass is 16.6. The number of allylic oxidation sites excluding steroid dienone is 1. The van der Waals surface area contributed by atoms with E-state index in [1.54, 1.807) is 6.08 Å². The van der Waals surface area contributed by atoms with Crippen LogP contribution in [0, 0.1) is 0 Å². The lowest BCUT2D eigenvalue weighted by molar-refractivity contribution is 0.135. The summed E-state index contributed by atoms with van der Waals surface area (Å²) in [6.07, 6.45) is 2.40. The van der Waals surface area contributed by atoms with E-state index in [2.05, 4.69) is 4.74 Å². The van der Waals surface area contributed by atoms with E-state index in [1.807, 2.05) is 6.92 Å². The van der Waals surface area contributed by atoms with E-state index in [0.29, 0.717) is 0 Å². The largest absolute Gasteiger partial charge is 0.481 e. The number of aliphatic hydroxyl groups excluding tert-OH is 1. The Hall–Kier alpha value is -0.660. The normalized spacial score (nSPS) is 11.4. The van der Waals surface area contributed by atoms with Crippen LogP contribution in [0.5, 0.6) is 0 Å². The maximum absolute atomic E-state index is 8.50. The highest BCUT2D eigenvalue weighted by Crippen LogP contribution is 1.88. The van der Waals surface area contributed by atoms with Crippen LogP contribution in [0.15, 0.2) is 12.0 Å². The lowest BCUT2D eigenvalue weighted by Crippen LogP contribution is -1.80. The molecule has 0 amide bonds. The molecule has 0 bridgehead atoms. The fraction of sp³-hybridized carbons (Fsp3) is 0.600. The molecule has 2 nitrogen and oxygen atoms in total. The Morgan fingerprint density at radius 3 is 2.57 bits per heavy atom. The molecule has 42 valence electrons. The van der Waals surface area contributed by atoms with E-state index in [9.17, 15) is 0 Å². The monoisotopic (exact) mass is 102 g/mol. The third kappa shape index (κ3) is 3.16. The molecule has 7 heavy (non-hydrogen) atoms. The summed E-state index contributed by atoms with van der Waals surface area (Å²) in [7, 11) is 1.43. The van der Waals surface area contributed by atoms with Crippen LogP contribution in [0.4, 0.5) is 0 Å². The van der Waals surface area contributed by atoms with Crippen LogP contribution < -0.4 is 0 Å². The van der Waals surface area contributed by atoms with Gasteiger partial charge < -0.3 is 9.84 Å². The zero-order chi connectivity index (χ0) is 5.70. The molecule has 0 radical (unpaired) electrons. The average molecular weight is 102 g/mol. The van der Waals surface area contributed by atoms with Crippen molar-refractivity contribution in [2.24, 2.45) is 0 Å². The van der Waals surface area contributed by atoms with E-state index < -0.39 is 0 Å². The standard InChI is InChI=1S/C5H10O2/c1-3-4-5(6)7-2/h4,6H,3H2,1-2H3/b5-4-.